The highest BCUT2D eigenvalue weighted by atomic mass is 32.2. The number of thioether (sulfide) groups is 1. The van der Waals surface area contributed by atoms with Crippen molar-refractivity contribution in [1.82, 2.24) is 10.2 Å². The number of alkyl halides is 3. The number of anilines is 2. The van der Waals surface area contributed by atoms with Crippen LogP contribution in [0.2, 0.25) is 0 Å². The first-order valence-corrected chi connectivity index (χ1v) is 11.2. The lowest BCUT2D eigenvalue weighted by Crippen LogP contribution is -2.45. The van der Waals surface area contributed by atoms with Gasteiger partial charge in [0.2, 0.25) is 21.1 Å². The average Bonchev–Trinajstić information content (AvgIpc) is 3.00. The lowest BCUT2D eigenvalue weighted by Gasteiger charge is -2.28. The van der Waals surface area contributed by atoms with Gasteiger partial charge < -0.3 is 0 Å². The molecule has 1 aromatic heterocycles. The molecule has 0 aliphatic heterocycles. The smallest absolute Gasteiger partial charge is 0.299 e. The van der Waals surface area contributed by atoms with Crippen LogP contribution >= 0.6 is 23.1 Å². The Balaban J connectivity index is 2.35. The van der Waals surface area contributed by atoms with Gasteiger partial charge in [-0.2, -0.15) is 13.2 Å². The third-order valence-corrected chi connectivity index (χ3v) is 6.38. The van der Waals surface area contributed by atoms with E-state index in [-0.39, 0.29) is 10.8 Å². The van der Waals surface area contributed by atoms with Gasteiger partial charge in [-0.05, 0) is 31.4 Å². The number of aromatic nitrogens is 2. The molecule has 0 fully saturated rings. The zero-order chi connectivity index (χ0) is 20.4. The predicted molar refractivity (Wildman–Crippen MR) is 98.5 cm³/mol. The summed E-state index contributed by atoms with van der Waals surface area (Å²) in [6.45, 7) is 1.27. The fourth-order valence-electron chi connectivity index (χ4n) is 2.18. The standard InChI is InChI=1S/C14H15F3N4O3S3/c1-8(11(22)18-12-19-20-13(25-2)26-12)21(27(3,23)24)10-6-4-5-9(7-10)14(15,16)17/h4-8H,1-3H3,(H,18,19,22)/t8-/m1/s1. The highest BCUT2D eigenvalue weighted by Crippen LogP contribution is 2.33. The Morgan fingerprint density at radius 2 is 2.00 bits per heavy atom. The van der Waals surface area contributed by atoms with Crippen LogP contribution in [0.15, 0.2) is 28.6 Å². The van der Waals surface area contributed by atoms with Gasteiger partial charge in [0.25, 0.3) is 0 Å². The minimum absolute atomic E-state index is 0.161. The second-order valence-corrected chi connectivity index (χ2v) is 9.24. The molecule has 2 rings (SSSR count). The predicted octanol–water partition coefficient (Wildman–Crippen LogP) is 3.07. The largest absolute Gasteiger partial charge is 0.416 e. The Bertz CT molecular complexity index is 931. The van der Waals surface area contributed by atoms with Gasteiger partial charge in [-0.3, -0.25) is 14.4 Å². The third-order valence-electron chi connectivity index (χ3n) is 3.33. The SMILES string of the molecule is CSc1nnc(NC(=O)[C@@H](C)N(c2cccc(C(F)(F)F)c2)S(C)(=O)=O)s1. The number of sulfonamides is 1. The maximum absolute atomic E-state index is 12.9. The van der Waals surface area contributed by atoms with Crippen molar-refractivity contribution in [1.29, 1.82) is 0 Å². The van der Waals surface area contributed by atoms with Gasteiger partial charge in [0.1, 0.15) is 6.04 Å². The topological polar surface area (TPSA) is 92.3 Å². The molecule has 27 heavy (non-hydrogen) atoms. The third kappa shape index (κ3) is 5.32. The number of hydrogen-bond donors (Lipinski definition) is 1. The highest BCUT2D eigenvalue weighted by Gasteiger charge is 2.34. The van der Waals surface area contributed by atoms with Crippen molar-refractivity contribution in [2.75, 3.05) is 22.1 Å². The van der Waals surface area contributed by atoms with Crippen LogP contribution in [0.1, 0.15) is 12.5 Å². The molecule has 1 heterocycles. The van der Waals surface area contributed by atoms with Crippen molar-refractivity contribution < 1.29 is 26.4 Å². The molecular formula is C14H15F3N4O3S3. The molecule has 148 valence electrons. The molecule has 0 bridgehead atoms. The molecule has 7 nitrogen and oxygen atoms in total. The van der Waals surface area contributed by atoms with E-state index < -0.39 is 33.7 Å². The summed E-state index contributed by atoms with van der Waals surface area (Å²) in [6, 6.07) is 2.46. The number of nitrogens with zero attached hydrogens (tertiary/aromatic N) is 3. The maximum atomic E-state index is 12.9. The van der Waals surface area contributed by atoms with E-state index in [1.807, 2.05) is 0 Å². The zero-order valence-corrected chi connectivity index (χ0v) is 16.8. The number of nitrogens with one attached hydrogen (secondary N) is 1. The van der Waals surface area contributed by atoms with E-state index in [0.29, 0.717) is 14.7 Å². The Labute approximate surface area is 162 Å². The summed E-state index contributed by atoms with van der Waals surface area (Å²) in [7, 11) is -4.05. The minimum atomic E-state index is -4.65. The molecular weight excluding hydrogens is 425 g/mol. The number of benzene rings is 1. The average molecular weight is 440 g/mol. The first-order valence-electron chi connectivity index (χ1n) is 7.28. The first kappa shape index (κ1) is 21.4. The van der Waals surface area contributed by atoms with Gasteiger partial charge in [-0.15, -0.1) is 10.2 Å². The monoisotopic (exact) mass is 440 g/mol. The zero-order valence-electron chi connectivity index (χ0n) is 14.3. The number of hydrogen-bond acceptors (Lipinski definition) is 7. The van der Waals surface area contributed by atoms with E-state index in [9.17, 15) is 26.4 Å². The Kier molecular flexibility index (Phi) is 6.37. The summed E-state index contributed by atoms with van der Waals surface area (Å²) in [6.07, 6.45) is -2.06. The normalized spacial score (nSPS) is 13.3. The van der Waals surface area contributed by atoms with Crippen LogP contribution in [0.3, 0.4) is 0 Å². The summed E-state index contributed by atoms with van der Waals surface area (Å²) in [5.41, 5.74) is -1.29. The van der Waals surface area contributed by atoms with Crippen molar-refractivity contribution in [2.45, 2.75) is 23.5 Å². The Morgan fingerprint density at radius 1 is 1.33 bits per heavy atom. The van der Waals surface area contributed by atoms with Crippen LogP contribution in [0.5, 0.6) is 0 Å². The van der Waals surface area contributed by atoms with Crippen LogP contribution in [-0.2, 0) is 21.0 Å². The van der Waals surface area contributed by atoms with Gasteiger partial charge in [0.15, 0.2) is 4.34 Å². The summed E-state index contributed by atoms with van der Waals surface area (Å²) in [5.74, 6) is -0.748. The van der Waals surface area contributed by atoms with E-state index >= 15 is 0 Å². The fraction of sp³-hybridized carbons (Fsp3) is 0.357. The van der Waals surface area contributed by atoms with E-state index in [1.54, 1.807) is 6.26 Å². The maximum Gasteiger partial charge on any atom is 0.416 e. The molecule has 1 atom stereocenters. The number of carbonyl (C=O) groups is 1. The Hall–Kier alpha value is -1.86. The Morgan fingerprint density at radius 3 is 2.52 bits per heavy atom. The molecule has 0 radical (unpaired) electrons. The van der Waals surface area contributed by atoms with Crippen LogP contribution < -0.4 is 9.62 Å². The first-order chi connectivity index (χ1) is 12.4. The molecule has 0 spiro atoms. The van der Waals surface area contributed by atoms with Crippen LogP contribution in [-0.4, -0.2) is 43.1 Å². The molecule has 1 aromatic carbocycles. The lowest BCUT2D eigenvalue weighted by molar-refractivity contribution is -0.137. The fourth-order valence-corrected chi connectivity index (χ4v) is 4.52. The van der Waals surface area contributed by atoms with E-state index in [4.69, 9.17) is 0 Å². The van der Waals surface area contributed by atoms with E-state index in [0.717, 1.165) is 29.7 Å². The van der Waals surface area contributed by atoms with Crippen LogP contribution in [0, 0.1) is 0 Å². The van der Waals surface area contributed by atoms with Crippen molar-refractivity contribution in [3.63, 3.8) is 0 Å². The van der Waals surface area contributed by atoms with Crippen molar-refractivity contribution >= 4 is 49.8 Å². The quantitative estimate of drug-likeness (QED) is 0.548. The molecule has 1 N–H and O–H groups in total. The second kappa shape index (κ2) is 8.02. The molecule has 2 aromatic rings. The summed E-state index contributed by atoms with van der Waals surface area (Å²) in [4.78, 5) is 12.4. The highest BCUT2D eigenvalue weighted by molar-refractivity contribution is 8.00. The number of amides is 1. The molecule has 1 amide bonds. The molecule has 0 aliphatic carbocycles. The van der Waals surface area contributed by atoms with Crippen LogP contribution in [0.4, 0.5) is 24.0 Å². The second-order valence-electron chi connectivity index (χ2n) is 5.35. The molecule has 0 saturated carbocycles. The summed E-state index contributed by atoms with van der Waals surface area (Å²) >= 11 is 2.41. The van der Waals surface area contributed by atoms with Gasteiger partial charge in [-0.25, -0.2) is 8.42 Å². The number of halogens is 3. The van der Waals surface area contributed by atoms with Crippen molar-refractivity contribution in [3.8, 4) is 0 Å². The molecule has 13 heteroatoms. The van der Waals surface area contributed by atoms with Gasteiger partial charge in [0.05, 0.1) is 17.5 Å². The van der Waals surface area contributed by atoms with Gasteiger partial charge in [-0.1, -0.05) is 29.2 Å². The lowest BCUT2D eigenvalue weighted by atomic mass is 10.2. The van der Waals surface area contributed by atoms with Crippen molar-refractivity contribution in [2.24, 2.45) is 0 Å². The van der Waals surface area contributed by atoms with Gasteiger partial charge in [0, 0.05) is 0 Å². The van der Waals surface area contributed by atoms with Gasteiger partial charge >= 0.3 is 6.18 Å². The minimum Gasteiger partial charge on any atom is -0.299 e. The van der Waals surface area contributed by atoms with E-state index in [1.165, 1.54) is 24.8 Å². The van der Waals surface area contributed by atoms with E-state index in [2.05, 4.69) is 15.5 Å². The number of carbonyl (C=O) groups excluding carboxylic acids is 1. The summed E-state index contributed by atoms with van der Waals surface area (Å²) < 4.78 is 64.4. The number of rotatable bonds is 6. The molecule has 0 saturated heterocycles. The molecule has 0 unspecified atom stereocenters. The van der Waals surface area contributed by atoms with Crippen LogP contribution in [0.25, 0.3) is 0 Å². The summed E-state index contributed by atoms with van der Waals surface area (Å²) in [5, 5.41) is 10.1. The van der Waals surface area contributed by atoms with Crippen molar-refractivity contribution in [3.05, 3.63) is 29.8 Å². The molecule has 0 aliphatic rings.